The molecule has 1 aromatic rings. The van der Waals surface area contributed by atoms with Crippen molar-refractivity contribution < 1.29 is 9.90 Å². The van der Waals surface area contributed by atoms with Gasteiger partial charge in [0.05, 0.1) is 12.5 Å². The quantitative estimate of drug-likeness (QED) is 0.873. The van der Waals surface area contributed by atoms with E-state index in [9.17, 15) is 9.90 Å². The molecule has 1 atom stereocenters. The van der Waals surface area contributed by atoms with E-state index in [2.05, 4.69) is 23.3 Å². The van der Waals surface area contributed by atoms with E-state index in [1.807, 2.05) is 26.0 Å². The number of hydrogen-bond donors (Lipinski definition) is 2. The lowest BCUT2D eigenvalue weighted by atomic mass is 10.0. The molecule has 4 nitrogen and oxygen atoms in total. The van der Waals surface area contributed by atoms with Crippen molar-refractivity contribution in [2.75, 3.05) is 23.8 Å². The number of likely N-dealkylation sites (N-methyl/N-ethyl adjacent to an activating group) is 1. The van der Waals surface area contributed by atoms with Crippen LogP contribution in [0.1, 0.15) is 25.8 Å². The highest BCUT2D eigenvalue weighted by molar-refractivity contribution is 5.91. The van der Waals surface area contributed by atoms with E-state index in [4.69, 9.17) is 0 Å². The van der Waals surface area contributed by atoms with Gasteiger partial charge in [0.2, 0.25) is 5.91 Å². The predicted octanol–water partition coefficient (Wildman–Crippen LogP) is 2.02. The van der Waals surface area contributed by atoms with Crippen molar-refractivity contribution in [3.63, 3.8) is 0 Å². The van der Waals surface area contributed by atoms with E-state index < -0.39 is 6.10 Å². The second-order valence-electron chi connectivity index (χ2n) is 5.58. The van der Waals surface area contributed by atoms with E-state index in [1.54, 1.807) is 0 Å². The van der Waals surface area contributed by atoms with Gasteiger partial charge in [-0.25, -0.2) is 0 Å². The molecule has 0 aliphatic carbocycles. The molecule has 1 aliphatic heterocycles. The minimum atomic E-state index is -0.586. The molecule has 0 fully saturated rings. The Labute approximate surface area is 114 Å². The number of hydrogen-bond acceptors (Lipinski definition) is 3. The van der Waals surface area contributed by atoms with Crippen molar-refractivity contribution in [3.05, 3.63) is 23.8 Å². The maximum absolute atomic E-state index is 11.8. The Morgan fingerprint density at radius 2 is 2.21 bits per heavy atom. The van der Waals surface area contributed by atoms with Crippen molar-refractivity contribution in [3.8, 4) is 0 Å². The highest BCUT2D eigenvalue weighted by Crippen LogP contribution is 2.29. The van der Waals surface area contributed by atoms with Crippen LogP contribution in [-0.2, 0) is 11.2 Å². The molecule has 0 spiro atoms. The van der Waals surface area contributed by atoms with Gasteiger partial charge < -0.3 is 15.3 Å². The van der Waals surface area contributed by atoms with E-state index in [0.717, 1.165) is 18.7 Å². The Kier molecular flexibility index (Phi) is 4.10. The molecule has 2 N–H and O–H groups in total. The van der Waals surface area contributed by atoms with E-state index in [1.165, 1.54) is 11.3 Å². The summed E-state index contributed by atoms with van der Waals surface area (Å²) in [5.41, 5.74) is 3.30. The zero-order chi connectivity index (χ0) is 14.0. The normalized spacial score (nSPS) is 15.5. The fourth-order valence-corrected chi connectivity index (χ4v) is 2.25. The van der Waals surface area contributed by atoms with Crippen molar-refractivity contribution in [1.82, 2.24) is 0 Å². The van der Waals surface area contributed by atoms with Gasteiger partial charge in [-0.1, -0.05) is 19.9 Å². The molecule has 1 amide bonds. The number of aliphatic hydroxyl groups excluding tert-OH is 1. The second-order valence-corrected chi connectivity index (χ2v) is 5.58. The molecule has 1 aliphatic rings. The molecule has 104 valence electrons. The first-order valence-electron chi connectivity index (χ1n) is 6.79. The molecule has 0 bridgehead atoms. The molecule has 1 aromatic carbocycles. The number of fused-ring (bicyclic) bond motifs is 1. The van der Waals surface area contributed by atoms with E-state index in [-0.39, 0.29) is 18.2 Å². The lowest BCUT2D eigenvalue weighted by Gasteiger charge is -2.16. The van der Waals surface area contributed by atoms with E-state index >= 15 is 0 Å². The Morgan fingerprint density at radius 3 is 2.89 bits per heavy atom. The third-order valence-electron chi connectivity index (χ3n) is 3.66. The van der Waals surface area contributed by atoms with Gasteiger partial charge >= 0.3 is 0 Å². The number of benzene rings is 1. The summed E-state index contributed by atoms with van der Waals surface area (Å²) in [4.78, 5) is 14.0. The van der Waals surface area contributed by atoms with Crippen LogP contribution in [-0.4, -0.2) is 30.7 Å². The smallest absolute Gasteiger partial charge is 0.226 e. The third-order valence-corrected chi connectivity index (χ3v) is 3.66. The molecule has 4 heteroatoms. The number of aliphatic hydroxyl groups is 1. The van der Waals surface area contributed by atoms with Gasteiger partial charge in [-0.05, 0) is 30.0 Å². The summed E-state index contributed by atoms with van der Waals surface area (Å²) in [6.45, 7) is 4.84. The van der Waals surface area contributed by atoms with Crippen molar-refractivity contribution in [2.24, 2.45) is 5.92 Å². The van der Waals surface area contributed by atoms with Crippen LogP contribution in [0.25, 0.3) is 0 Å². The van der Waals surface area contributed by atoms with Crippen LogP contribution in [0.5, 0.6) is 0 Å². The van der Waals surface area contributed by atoms with Gasteiger partial charge in [-0.15, -0.1) is 0 Å². The SMILES string of the molecule is CC(C)C(O)CC(=O)Nc1ccc2c(c1)N(C)CC2. The number of amides is 1. The molecular formula is C15H22N2O2. The average molecular weight is 262 g/mol. The number of anilines is 2. The van der Waals surface area contributed by atoms with Gasteiger partial charge in [-0.2, -0.15) is 0 Å². The summed E-state index contributed by atoms with van der Waals surface area (Å²) in [6.07, 6.45) is 0.619. The summed E-state index contributed by atoms with van der Waals surface area (Å²) in [5, 5.41) is 12.6. The van der Waals surface area contributed by atoms with Gasteiger partial charge in [0.15, 0.2) is 0 Å². The van der Waals surface area contributed by atoms with E-state index in [0.29, 0.717) is 0 Å². The number of carbonyl (C=O) groups is 1. The summed E-state index contributed by atoms with van der Waals surface area (Å²) < 4.78 is 0. The van der Waals surface area contributed by atoms with Gasteiger partial charge in [0, 0.05) is 25.0 Å². The molecule has 2 rings (SSSR count). The van der Waals surface area contributed by atoms with Crippen LogP contribution >= 0.6 is 0 Å². The van der Waals surface area contributed by atoms with Gasteiger partial charge in [0.1, 0.15) is 0 Å². The Hall–Kier alpha value is -1.55. The van der Waals surface area contributed by atoms with Gasteiger partial charge in [0.25, 0.3) is 0 Å². The first kappa shape index (κ1) is 13.9. The average Bonchev–Trinajstić information content (AvgIpc) is 2.70. The monoisotopic (exact) mass is 262 g/mol. The van der Waals surface area contributed by atoms with Crippen LogP contribution in [0.15, 0.2) is 18.2 Å². The summed E-state index contributed by atoms with van der Waals surface area (Å²) in [7, 11) is 2.06. The van der Waals surface area contributed by atoms with Crippen molar-refractivity contribution in [2.45, 2.75) is 32.8 Å². The largest absolute Gasteiger partial charge is 0.392 e. The molecule has 0 aromatic heterocycles. The third kappa shape index (κ3) is 3.26. The summed E-state index contributed by atoms with van der Waals surface area (Å²) in [6, 6.07) is 5.99. The maximum Gasteiger partial charge on any atom is 0.226 e. The molecule has 0 saturated heterocycles. The minimum Gasteiger partial charge on any atom is -0.392 e. The lowest BCUT2D eigenvalue weighted by molar-refractivity contribution is -0.118. The van der Waals surface area contributed by atoms with Crippen LogP contribution in [0.2, 0.25) is 0 Å². The minimum absolute atomic E-state index is 0.0944. The molecule has 0 radical (unpaired) electrons. The highest BCUT2D eigenvalue weighted by atomic mass is 16.3. The molecule has 1 heterocycles. The zero-order valence-electron chi connectivity index (χ0n) is 11.8. The standard InChI is InChI=1S/C15H22N2O2/c1-10(2)14(18)9-15(19)16-12-5-4-11-6-7-17(3)13(11)8-12/h4-5,8,10,14,18H,6-7,9H2,1-3H3,(H,16,19). The van der Waals surface area contributed by atoms with Crippen LogP contribution in [0, 0.1) is 5.92 Å². The van der Waals surface area contributed by atoms with Crippen LogP contribution < -0.4 is 10.2 Å². The Bertz CT molecular complexity index is 471. The van der Waals surface area contributed by atoms with Gasteiger partial charge in [-0.3, -0.25) is 4.79 Å². The summed E-state index contributed by atoms with van der Waals surface area (Å²) in [5.74, 6) is -0.0429. The number of carbonyl (C=O) groups excluding carboxylic acids is 1. The van der Waals surface area contributed by atoms with Crippen LogP contribution in [0.3, 0.4) is 0 Å². The molecule has 0 saturated carbocycles. The second kappa shape index (κ2) is 5.61. The number of nitrogens with one attached hydrogen (secondary N) is 1. The Morgan fingerprint density at radius 1 is 1.47 bits per heavy atom. The highest BCUT2D eigenvalue weighted by Gasteiger charge is 2.17. The first-order chi connectivity index (χ1) is 8.97. The fraction of sp³-hybridized carbons (Fsp3) is 0.533. The Balaban J connectivity index is 2.00. The maximum atomic E-state index is 11.8. The fourth-order valence-electron chi connectivity index (χ4n) is 2.25. The zero-order valence-corrected chi connectivity index (χ0v) is 11.8. The summed E-state index contributed by atoms with van der Waals surface area (Å²) >= 11 is 0. The van der Waals surface area contributed by atoms with Crippen LogP contribution in [0.4, 0.5) is 11.4 Å². The first-order valence-corrected chi connectivity index (χ1v) is 6.79. The number of rotatable bonds is 4. The number of nitrogens with zero attached hydrogens (tertiary/aromatic N) is 1. The molecular weight excluding hydrogens is 240 g/mol. The van der Waals surface area contributed by atoms with Crippen molar-refractivity contribution in [1.29, 1.82) is 0 Å². The topological polar surface area (TPSA) is 52.6 Å². The molecule has 19 heavy (non-hydrogen) atoms. The van der Waals surface area contributed by atoms with Crippen molar-refractivity contribution >= 4 is 17.3 Å². The predicted molar refractivity (Wildman–Crippen MR) is 77.5 cm³/mol. The molecule has 1 unspecified atom stereocenters. The lowest BCUT2D eigenvalue weighted by Crippen LogP contribution is -2.23.